The van der Waals surface area contributed by atoms with Crippen LogP contribution < -0.4 is 5.73 Å². The minimum absolute atomic E-state index is 0.0143. The number of amides is 1. The number of esters is 1. The minimum Gasteiger partial charge on any atom is -0.466 e. The Morgan fingerprint density at radius 2 is 2.21 bits per heavy atom. The Morgan fingerprint density at radius 1 is 1.42 bits per heavy atom. The molecule has 3 unspecified atom stereocenters. The molecule has 5 nitrogen and oxygen atoms in total. The van der Waals surface area contributed by atoms with Crippen LogP contribution in [0.4, 0.5) is 0 Å². The lowest BCUT2D eigenvalue weighted by Crippen LogP contribution is -2.45. The van der Waals surface area contributed by atoms with Crippen molar-refractivity contribution in [1.82, 2.24) is 4.90 Å². The summed E-state index contributed by atoms with van der Waals surface area (Å²) in [5.41, 5.74) is 5.78. The Kier molecular flexibility index (Phi) is 4.58. The molecule has 19 heavy (non-hydrogen) atoms. The van der Waals surface area contributed by atoms with Crippen molar-refractivity contribution in [3.05, 3.63) is 12.2 Å². The first kappa shape index (κ1) is 14.1. The molecule has 1 aliphatic carbocycles. The molecule has 2 aliphatic rings. The fraction of sp³-hybridized carbons (Fsp3) is 0.714. The van der Waals surface area contributed by atoms with E-state index in [1.54, 1.807) is 11.8 Å². The number of nitrogens with two attached hydrogens (primary N) is 1. The maximum absolute atomic E-state index is 12.3. The molecule has 5 heteroatoms. The second-order valence-corrected chi connectivity index (χ2v) is 5.27. The normalized spacial score (nSPS) is 30.4. The van der Waals surface area contributed by atoms with Gasteiger partial charge in [0.2, 0.25) is 5.91 Å². The molecule has 0 aromatic rings. The summed E-state index contributed by atoms with van der Waals surface area (Å²) in [7, 11) is 0. The molecule has 106 valence electrons. The number of carbonyl (C=O) groups excluding carboxylic acids is 2. The molecule has 2 rings (SSSR count). The largest absolute Gasteiger partial charge is 0.466 e. The molecule has 0 aromatic heterocycles. The fourth-order valence-corrected chi connectivity index (χ4v) is 2.77. The van der Waals surface area contributed by atoms with Crippen LogP contribution in [0.5, 0.6) is 0 Å². The van der Waals surface area contributed by atoms with E-state index in [1.807, 2.05) is 12.2 Å². The van der Waals surface area contributed by atoms with Gasteiger partial charge in [-0.2, -0.15) is 0 Å². The van der Waals surface area contributed by atoms with Crippen LogP contribution in [0.2, 0.25) is 0 Å². The van der Waals surface area contributed by atoms with Crippen molar-refractivity contribution < 1.29 is 14.3 Å². The molecule has 1 amide bonds. The highest BCUT2D eigenvalue weighted by molar-refractivity contribution is 5.82. The van der Waals surface area contributed by atoms with Crippen molar-refractivity contribution in [3.63, 3.8) is 0 Å². The first-order valence-corrected chi connectivity index (χ1v) is 7.01. The third-order valence-corrected chi connectivity index (χ3v) is 3.79. The first-order chi connectivity index (χ1) is 9.11. The van der Waals surface area contributed by atoms with Crippen molar-refractivity contribution in [2.24, 2.45) is 17.6 Å². The lowest BCUT2D eigenvalue weighted by Gasteiger charge is -2.33. The average molecular weight is 266 g/mol. The van der Waals surface area contributed by atoms with Gasteiger partial charge in [0.15, 0.2) is 0 Å². The summed E-state index contributed by atoms with van der Waals surface area (Å²) in [5, 5.41) is 0. The van der Waals surface area contributed by atoms with Crippen LogP contribution in [-0.4, -0.2) is 42.5 Å². The Labute approximate surface area is 113 Å². The number of hydrogen-bond acceptors (Lipinski definition) is 4. The Bertz CT molecular complexity index is 381. The predicted octanol–water partition coefficient (Wildman–Crippen LogP) is 0.691. The number of likely N-dealkylation sites (tertiary alicyclic amines) is 1. The van der Waals surface area contributed by atoms with E-state index in [-0.39, 0.29) is 29.8 Å². The molecular weight excluding hydrogens is 244 g/mol. The van der Waals surface area contributed by atoms with Gasteiger partial charge in [-0.3, -0.25) is 9.59 Å². The van der Waals surface area contributed by atoms with Crippen molar-refractivity contribution in [2.45, 2.75) is 32.2 Å². The number of hydrogen-bond donors (Lipinski definition) is 1. The summed E-state index contributed by atoms with van der Waals surface area (Å²) < 4.78 is 5.04. The van der Waals surface area contributed by atoms with E-state index in [0.717, 1.165) is 19.4 Å². The van der Waals surface area contributed by atoms with Crippen LogP contribution in [0.15, 0.2) is 12.2 Å². The minimum atomic E-state index is -0.182. The topological polar surface area (TPSA) is 72.6 Å². The molecule has 2 N–H and O–H groups in total. The van der Waals surface area contributed by atoms with Gasteiger partial charge in [0.05, 0.1) is 18.4 Å². The smallest absolute Gasteiger partial charge is 0.310 e. The molecule has 0 aromatic carbocycles. The number of rotatable bonds is 3. The van der Waals surface area contributed by atoms with Gasteiger partial charge in [0.1, 0.15) is 0 Å². The van der Waals surface area contributed by atoms with Gasteiger partial charge in [0.25, 0.3) is 0 Å². The lowest BCUT2D eigenvalue weighted by atomic mass is 9.96. The second-order valence-electron chi connectivity index (χ2n) is 5.27. The third-order valence-electron chi connectivity index (χ3n) is 3.79. The second kappa shape index (κ2) is 6.19. The molecule has 1 saturated heterocycles. The summed E-state index contributed by atoms with van der Waals surface area (Å²) in [4.78, 5) is 25.9. The Hall–Kier alpha value is -1.36. The quantitative estimate of drug-likeness (QED) is 0.602. The zero-order valence-electron chi connectivity index (χ0n) is 11.4. The van der Waals surface area contributed by atoms with Crippen molar-refractivity contribution >= 4 is 11.9 Å². The van der Waals surface area contributed by atoms with E-state index in [0.29, 0.717) is 19.6 Å². The van der Waals surface area contributed by atoms with Gasteiger partial charge >= 0.3 is 5.97 Å². The average Bonchev–Trinajstić information content (AvgIpc) is 2.85. The predicted molar refractivity (Wildman–Crippen MR) is 71.2 cm³/mol. The maximum Gasteiger partial charge on any atom is 0.310 e. The van der Waals surface area contributed by atoms with Crippen LogP contribution >= 0.6 is 0 Å². The van der Waals surface area contributed by atoms with E-state index in [9.17, 15) is 9.59 Å². The van der Waals surface area contributed by atoms with E-state index in [4.69, 9.17) is 10.5 Å². The summed E-state index contributed by atoms with van der Waals surface area (Å²) in [6.45, 7) is 3.41. The third kappa shape index (κ3) is 3.35. The Balaban J connectivity index is 1.92. The van der Waals surface area contributed by atoms with Crippen molar-refractivity contribution in [1.29, 1.82) is 0 Å². The van der Waals surface area contributed by atoms with E-state index in [2.05, 4.69) is 0 Å². The monoisotopic (exact) mass is 266 g/mol. The summed E-state index contributed by atoms with van der Waals surface area (Å²) in [6, 6.07) is -0.0143. The maximum atomic E-state index is 12.3. The van der Waals surface area contributed by atoms with Crippen LogP contribution in [0, 0.1) is 11.8 Å². The lowest BCUT2D eigenvalue weighted by molar-refractivity contribution is -0.151. The molecular formula is C14H22N2O3. The standard InChI is InChI=1S/C14H22N2O3/c1-2-19-14(18)11-4-3-7-16(9-11)13(17)10-5-6-12(15)8-10/h5-6,10-12H,2-4,7-9,15H2,1H3. The fourth-order valence-electron chi connectivity index (χ4n) is 2.77. The Morgan fingerprint density at radius 3 is 2.84 bits per heavy atom. The number of nitrogens with zero attached hydrogens (tertiary/aromatic N) is 1. The zero-order chi connectivity index (χ0) is 13.8. The van der Waals surface area contributed by atoms with Gasteiger partial charge in [-0.05, 0) is 26.2 Å². The van der Waals surface area contributed by atoms with Crippen molar-refractivity contribution in [3.8, 4) is 0 Å². The van der Waals surface area contributed by atoms with Gasteiger partial charge < -0.3 is 15.4 Å². The molecule has 1 aliphatic heterocycles. The molecule has 0 saturated carbocycles. The van der Waals surface area contributed by atoms with Gasteiger partial charge in [-0.1, -0.05) is 12.2 Å². The van der Waals surface area contributed by atoms with Crippen LogP contribution in [0.1, 0.15) is 26.2 Å². The zero-order valence-corrected chi connectivity index (χ0v) is 11.4. The van der Waals surface area contributed by atoms with Crippen molar-refractivity contribution in [2.75, 3.05) is 19.7 Å². The molecule has 1 heterocycles. The van der Waals surface area contributed by atoms with Gasteiger partial charge in [-0.25, -0.2) is 0 Å². The highest BCUT2D eigenvalue weighted by Gasteiger charge is 2.33. The van der Waals surface area contributed by atoms with Crippen LogP contribution in [0.3, 0.4) is 0 Å². The first-order valence-electron chi connectivity index (χ1n) is 7.01. The van der Waals surface area contributed by atoms with Crippen LogP contribution in [0.25, 0.3) is 0 Å². The molecule has 0 spiro atoms. The molecule has 0 bridgehead atoms. The van der Waals surface area contributed by atoms with Crippen LogP contribution in [-0.2, 0) is 14.3 Å². The number of carbonyl (C=O) groups is 2. The molecule has 0 radical (unpaired) electrons. The highest BCUT2D eigenvalue weighted by atomic mass is 16.5. The molecule has 3 atom stereocenters. The van der Waals surface area contributed by atoms with Gasteiger partial charge in [-0.15, -0.1) is 0 Å². The highest BCUT2D eigenvalue weighted by Crippen LogP contribution is 2.24. The SMILES string of the molecule is CCOC(=O)C1CCCN(C(=O)C2C=CC(N)C2)C1. The number of piperidine rings is 1. The van der Waals surface area contributed by atoms with E-state index < -0.39 is 0 Å². The van der Waals surface area contributed by atoms with Gasteiger partial charge in [0, 0.05) is 19.1 Å². The summed E-state index contributed by atoms with van der Waals surface area (Å²) in [6.07, 6.45) is 6.12. The van der Waals surface area contributed by atoms with E-state index >= 15 is 0 Å². The summed E-state index contributed by atoms with van der Waals surface area (Å²) >= 11 is 0. The summed E-state index contributed by atoms with van der Waals surface area (Å²) in [5.74, 6) is -0.371. The van der Waals surface area contributed by atoms with E-state index in [1.165, 1.54) is 0 Å². The number of ether oxygens (including phenoxy) is 1. The molecule has 1 fully saturated rings.